The van der Waals surface area contributed by atoms with Crippen LogP contribution in [-0.2, 0) is 4.74 Å². The number of rotatable bonds is 5. The molecule has 0 aromatic rings. The van der Waals surface area contributed by atoms with Gasteiger partial charge in [-0.2, -0.15) is 0 Å². The van der Waals surface area contributed by atoms with E-state index >= 15 is 0 Å². The molecule has 1 aliphatic rings. The quantitative estimate of drug-likeness (QED) is 0.794. The summed E-state index contributed by atoms with van der Waals surface area (Å²) in [6, 6.07) is 0.722. The van der Waals surface area contributed by atoms with Crippen molar-refractivity contribution in [2.24, 2.45) is 11.8 Å². The molecule has 3 atom stereocenters. The lowest BCUT2D eigenvalue weighted by Gasteiger charge is -2.36. The topological polar surface area (TPSA) is 21.3 Å². The van der Waals surface area contributed by atoms with Gasteiger partial charge in [-0.3, -0.25) is 0 Å². The lowest BCUT2D eigenvalue weighted by atomic mass is 9.77. The lowest BCUT2D eigenvalue weighted by Crippen LogP contribution is -2.41. The fourth-order valence-corrected chi connectivity index (χ4v) is 2.87. The van der Waals surface area contributed by atoms with Crippen LogP contribution in [0.1, 0.15) is 60.3 Å². The van der Waals surface area contributed by atoms with E-state index in [2.05, 4.69) is 39.9 Å². The Morgan fingerprint density at radius 3 is 2.53 bits per heavy atom. The third-order valence-electron chi connectivity index (χ3n) is 3.73. The largest absolute Gasteiger partial charge is 0.376 e. The fraction of sp³-hybridized carbons (Fsp3) is 1.00. The Balaban J connectivity index is 2.35. The average molecular weight is 241 g/mol. The van der Waals surface area contributed by atoms with Crippen LogP contribution in [0.15, 0.2) is 0 Å². The zero-order chi connectivity index (χ0) is 12.9. The molecule has 0 aliphatic heterocycles. The number of hydrogen-bond donors (Lipinski definition) is 1. The molecule has 0 heterocycles. The number of hydrogen-bond acceptors (Lipinski definition) is 2. The van der Waals surface area contributed by atoms with Gasteiger partial charge in [0.05, 0.1) is 5.60 Å². The highest BCUT2D eigenvalue weighted by Gasteiger charge is 2.28. The van der Waals surface area contributed by atoms with Gasteiger partial charge in [0, 0.05) is 12.6 Å². The molecule has 1 fully saturated rings. The van der Waals surface area contributed by atoms with Gasteiger partial charge in [-0.25, -0.2) is 0 Å². The Hall–Kier alpha value is -0.0800. The van der Waals surface area contributed by atoms with Crippen molar-refractivity contribution in [3.8, 4) is 0 Å². The molecule has 17 heavy (non-hydrogen) atoms. The zero-order valence-electron chi connectivity index (χ0n) is 12.4. The summed E-state index contributed by atoms with van der Waals surface area (Å²) in [4.78, 5) is 0. The molecular formula is C15H31NO. The molecule has 0 saturated heterocycles. The molecule has 0 bridgehead atoms. The molecule has 0 aromatic heterocycles. The molecule has 1 saturated carbocycles. The van der Waals surface area contributed by atoms with E-state index in [1.54, 1.807) is 0 Å². The Morgan fingerprint density at radius 2 is 1.94 bits per heavy atom. The van der Waals surface area contributed by atoms with E-state index in [4.69, 9.17) is 4.74 Å². The summed E-state index contributed by atoms with van der Waals surface area (Å²) in [6.07, 6.45) is 5.30. The van der Waals surface area contributed by atoms with Crippen molar-refractivity contribution in [2.75, 3.05) is 13.2 Å². The Morgan fingerprint density at radius 1 is 1.24 bits per heavy atom. The first-order valence-corrected chi connectivity index (χ1v) is 7.29. The zero-order valence-corrected chi connectivity index (χ0v) is 12.4. The number of ether oxygens (including phenoxy) is 1. The van der Waals surface area contributed by atoms with Crippen molar-refractivity contribution >= 4 is 0 Å². The van der Waals surface area contributed by atoms with E-state index in [0.29, 0.717) is 0 Å². The van der Waals surface area contributed by atoms with Gasteiger partial charge in [0.2, 0.25) is 0 Å². The highest BCUT2D eigenvalue weighted by Crippen LogP contribution is 2.31. The SMILES string of the molecule is CCNC1CCC(C)CC1CCOC(C)(C)C. The third kappa shape index (κ3) is 5.87. The van der Waals surface area contributed by atoms with Gasteiger partial charge < -0.3 is 10.1 Å². The summed E-state index contributed by atoms with van der Waals surface area (Å²) >= 11 is 0. The second-order valence-electron chi connectivity index (χ2n) is 6.59. The van der Waals surface area contributed by atoms with Crippen LogP contribution in [0, 0.1) is 11.8 Å². The van der Waals surface area contributed by atoms with Gasteiger partial charge in [-0.15, -0.1) is 0 Å². The van der Waals surface area contributed by atoms with Crippen molar-refractivity contribution in [3.05, 3.63) is 0 Å². The van der Waals surface area contributed by atoms with Gasteiger partial charge in [0.1, 0.15) is 0 Å². The van der Waals surface area contributed by atoms with E-state index in [-0.39, 0.29) is 5.60 Å². The van der Waals surface area contributed by atoms with Gasteiger partial charge in [-0.1, -0.05) is 13.8 Å². The summed E-state index contributed by atoms with van der Waals surface area (Å²) in [5.41, 5.74) is 0.00790. The van der Waals surface area contributed by atoms with E-state index in [1.165, 1.54) is 25.7 Å². The second kappa shape index (κ2) is 6.75. The molecule has 0 aromatic carbocycles. The van der Waals surface area contributed by atoms with Crippen LogP contribution in [0.3, 0.4) is 0 Å². The highest BCUT2D eigenvalue weighted by molar-refractivity contribution is 4.83. The van der Waals surface area contributed by atoms with Crippen molar-refractivity contribution < 1.29 is 4.74 Å². The summed E-state index contributed by atoms with van der Waals surface area (Å²) < 4.78 is 5.87. The molecule has 3 unspecified atom stereocenters. The second-order valence-corrected chi connectivity index (χ2v) is 6.59. The molecule has 0 amide bonds. The van der Waals surface area contributed by atoms with Crippen LogP contribution in [0.5, 0.6) is 0 Å². The molecule has 2 heteroatoms. The van der Waals surface area contributed by atoms with Crippen molar-refractivity contribution in [1.29, 1.82) is 0 Å². The molecule has 1 aliphatic carbocycles. The third-order valence-corrected chi connectivity index (χ3v) is 3.73. The summed E-state index contributed by atoms with van der Waals surface area (Å²) in [6.45, 7) is 13.0. The van der Waals surface area contributed by atoms with E-state index in [0.717, 1.165) is 31.0 Å². The molecule has 1 rings (SSSR count). The summed E-state index contributed by atoms with van der Waals surface area (Å²) in [7, 11) is 0. The first kappa shape index (κ1) is 15.0. The minimum Gasteiger partial charge on any atom is -0.376 e. The van der Waals surface area contributed by atoms with Gasteiger partial charge in [0.15, 0.2) is 0 Å². The maximum atomic E-state index is 5.87. The minimum atomic E-state index is 0.00790. The maximum absolute atomic E-state index is 5.87. The highest BCUT2D eigenvalue weighted by atomic mass is 16.5. The molecule has 0 spiro atoms. The molecule has 0 radical (unpaired) electrons. The van der Waals surface area contributed by atoms with Gasteiger partial charge in [-0.05, 0) is 64.8 Å². The smallest absolute Gasteiger partial charge is 0.0598 e. The molecule has 1 N–H and O–H groups in total. The lowest BCUT2D eigenvalue weighted by molar-refractivity contribution is -0.0143. The Labute approximate surface area is 108 Å². The van der Waals surface area contributed by atoms with Crippen LogP contribution in [-0.4, -0.2) is 24.8 Å². The van der Waals surface area contributed by atoms with Gasteiger partial charge in [0.25, 0.3) is 0 Å². The monoisotopic (exact) mass is 241 g/mol. The summed E-state index contributed by atoms with van der Waals surface area (Å²) in [5.74, 6) is 1.70. The Bertz CT molecular complexity index is 209. The fourth-order valence-electron chi connectivity index (χ4n) is 2.87. The van der Waals surface area contributed by atoms with Gasteiger partial charge >= 0.3 is 0 Å². The normalized spacial score (nSPS) is 30.5. The van der Waals surface area contributed by atoms with Crippen molar-refractivity contribution in [2.45, 2.75) is 71.9 Å². The van der Waals surface area contributed by atoms with E-state index in [1.807, 2.05) is 0 Å². The molecule has 2 nitrogen and oxygen atoms in total. The van der Waals surface area contributed by atoms with Crippen LogP contribution < -0.4 is 5.32 Å². The first-order chi connectivity index (χ1) is 7.92. The van der Waals surface area contributed by atoms with E-state index < -0.39 is 0 Å². The molecular weight excluding hydrogens is 210 g/mol. The van der Waals surface area contributed by atoms with Crippen molar-refractivity contribution in [1.82, 2.24) is 5.32 Å². The number of nitrogens with one attached hydrogen (secondary N) is 1. The van der Waals surface area contributed by atoms with Crippen LogP contribution in [0.2, 0.25) is 0 Å². The predicted octanol–water partition coefficient (Wildman–Crippen LogP) is 3.61. The molecule has 102 valence electrons. The van der Waals surface area contributed by atoms with Crippen molar-refractivity contribution in [3.63, 3.8) is 0 Å². The first-order valence-electron chi connectivity index (χ1n) is 7.29. The average Bonchev–Trinajstić information content (AvgIpc) is 2.20. The van der Waals surface area contributed by atoms with Crippen LogP contribution in [0.25, 0.3) is 0 Å². The predicted molar refractivity (Wildman–Crippen MR) is 74.3 cm³/mol. The van der Waals surface area contributed by atoms with Crippen LogP contribution >= 0.6 is 0 Å². The standard InChI is InChI=1S/C15H31NO/c1-6-16-14-8-7-12(2)11-13(14)9-10-17-15(3,4)5/h12-14,16H,6-11H2,1-5H3. The van der Waals surface area contributed by atoms with E-state index in [9.17, 15) is 0 Å². The summed E-state index contributed by atoms with van der Waals surface area (Å²) in [5, 5.41) is 3.65. The minimum absolute atomic E-state index is 0.00790. The Kier molecular flexibility index (Phi) is 5.94. The van der Waals surface area contributed by atoms with Crippen LogP contribution in [0.4, 0.5) is 0 Å². The maximum Gasteiger partial charge on any atom is 0.0598 e.